The number of sulfonamides is 1. The molecule has 2 N–H and O–H groups in total. The molecule has 0 amide bonds. The fraction of sp³-hybridized carbons (Fsp3) is 0.273. The third-order valence-corrected chi connectivity index (χ3v) is 6.58. The fourth-order valence-corrected chi connectivity index (χ4v) is 4.87. The Balaban J connectivity index is 1.90. The van der Waals surface area contributed by atoms with Crippen molar-refractivity contribution >= 4 is 32.4 Å². The molecule has 4 rings (SSSR count). The van der Waals surface area contributed by atoms with Gasteiger partial charge in [0.1, 0.15) is 16.2 Å². The van der Waals surface area contributed by atoms with Crippen LogP contribution in [0.4, 0.5) is 5.69 Å². The molecule has 0 radical (unpaired) electrons. The molecule has 0 unspecified atom stereocenters. The number of nitrogens with zero attached hydrogens (tertiary/aromatic N) is 2. The van der Waals surface area contributed by atoms with E-state index in [4.69, 9.17) is 0 Å². The smallest absolute Gasteiger partial charge is 0.286 e. The van der Waals surface area contributed by atoms with Crippen LogP contribution in [0.15, 0.2) is 62.6 Å². The van der Waals surface area contributed by atoms with E-state index in [9.17, 15) is 18.3 Å². The maximum absolute atomic E-state index is 13.4. The van der Waals surface area contributed by atoms with Gasteiger partial charge >= 0.3 is 0 Å². The van der Waals surface area contributed by atoms with E-state index in [2.05, 4.69) is 16.6 Å². The van der Waals surface area contributed by atoms with Crippen LogP contribution in [0.2, 0.25) is 0 Å². The van der Waals surface area contributed by atoms with Gasteiger partial charge in [-0.05, 0) is 30.7 Å². The quantitative estimate of drug-likeness (QED) is 0.584. The molecule has 7 nitrogen and oxygen atoms in total. The second-order valence-corrected chi connectivity index (χ2v) is 8.87. The van der Waals surface area contributed by atoms with Crippen molar-refractivity contribution < 1.29 is 13.5 Å². The van der Waals surface area contributed by atoms with Crippen LogP contribution in [0, 0.1) is 0 Å². The number of aromatic nitrogens is 1. The number of rotatable bonds is 6. The number of para-hydroxylation sites is 2. The Morgan fingerprint density at radius 1 is 1.03 bits per heavy atom. The van der Waals surface area contributed by atoms with Gasteiger partial charge < -0.3 is 15.0 Å². The predicted molar refractivity (Wildman–Crippen MR) is 118 cm³/mol. The van der Waals surface area contributed by atoms with Gasteiger partial charge in [0.05, 0.1) is 11.2 Å². The van der Waals surface area contributed by atoms with Crippen LogP contribution in [0.3, 0.4) is 0 Å². The molecule has 0 saturated carbocycles. The second kappa shape index (κ2) is 7.95. The molecule has 8 heteroatoms. The Morgan fingerprint density at radius 2 is 1.77 bits per heavy atom. The van der Waals surface area contributed by atoms with Gasteiger partial charge in [-0.15, -0.1) is 4.40 Å². The van der Waals surface area contributed by atoms with E-state index in [1.54, 1.807) is 47.0 Å². The molecule has 0 bridgehead atoms. The first-order valence-corrected chi connectivity index (χ1v) is 11.4. The molecule has 1 aromatic heterocycles. The number of pyridine rings is 1. The SMILES string of the molecule is CCCCCCn1c(=O)c(C2=NS(=O)(=O)c3ccccc3N2)c(O)c2ccccc21. The topological polar surface area (TPSA) is 101 Å². The van der Waals surface area contributed by atoms with Gasteiger partial charge in [0, 0.05) is 11.9 Å². The number of benzene rings is 2. The minimum absolute atomic E-state index is 0.0360. The first-order chi connectivity index (χ1) is 14.4. The maximum Gasteiger partial charge on any atom is 0.286 e. The zero-order valence-electron chi connectivity index (χ0n) is 16.6. The summed E-state index contributed by atoms with van der Waals surface area (Å²) in [5, 5.41) is 14.3. The molecule has 0 atom stereocenters. The summed E-state index contributed by atoms with van der Waals surface area (Å²) in [4.78, 5) is 13.4. The van der Waals surface area contributed by atoms with Crippen molar-refractivity contribution in [2.75, 3.05) is 5.32 Å². The van der Waals surface area contributed by atoms with Crippen LogP contribution < -0.4 is 10.9 Å². The monoisotopic (exact) mass is 425 g/mol. The van der Waals surface area contributed by atoms with Gasteiger partial charge in [-0.1, -0.05) is 50.5 Å². The summed E-state index contributed by atoms with van der Waals surface area (Å²) in [6.07, 6.45) is 3.94. The van der Waals surface area contributed by atoms with Crippen LogP contribution in [-0.2, 0) is 16.6 Å². The summed E-state index contributed by atoms with van der Waals surface area (Å²) < 4.78 is 30.7. The molecule has 3 aromatic rings. The van der Waals surface area contributed by atoms with Crippen molar-refractivity contribution in [2.45, 2.75) is 44.0 Å². The van der Waals surface area contributed by atoms with Crippen molar-refractivity contribution in [3.8, 4) is 5.75 Å². The molecule has 1 aliphatic heterocycles. The van der Waals surface area contributed by atoms with Gasteiger partial charge in [-0.25, -0.2) is 0 Å². The molecule has 0 spiro atoms. The highest BCUT2D eigenvalue weighted by Crippen LogP contribution is 2.32. The average Bonchev–Trinajstić information content (AvgIpc) is 2.73. The molecule has 2 aromatic carbocycles. The first-order valence-electron chi connectivity index (χ1n) is 10.00. The maximum atomic E-state index is 13.4. The lowest BCUT2D eigenvalue weighted by Gasteiger charge is -2.20. The minimum Gasteiger partial charge on any atom is -0.506 e. The Morgan fingerprint density at radius 3 is 2.57 bits per heavy atom. The lowest BCUT2D eigenvalue weighted by molar-refractivity contribution is 0.476. The Bertz CT molecular complexity index is 1310. The van der Waals surface area contributed by atoms with E-state index < -0.39 is 15.6 Å². The van der Waals surface area contributed by atoms with E-state index in [1.165, 1.54) is 6.07 Å². The van der Waals surface area contributed by atoms with Gasteiger partial charge in [-0.3, -0.25) is 4.79 Å². The standard InChI is InChI=1S/C22H23N3O4S/c1-2-3-4-9-14-25-17-12-7-5-10-15(17)20(26)19(22(25)27)21-23-16-11-6-8-13-18(16)30(28,29)24-21/h5-8,10-13,26H,2-4,9,14H2,1H3,(H,23,24). The molecular formula is C22H23N3O4S. The highest BCUT2D eigenvalue weighted by molar-refractivity contribution is 7.90. The van der Waals surface area contributed by atoms with E-state index in [1.807, 2.05) is 0 Å². The van der Waals surface area contributed by atoms with Crippen molar-refractivity contribution in [1.29, 1.82) is 0 Å². The van der Waals surface area contributed by atoms with Crippen molar-refractivity contribution in [3.05, 3.63) is 64.4 Å². The van der Waals surface area contributed by atoms with E-state index in [0.29, 0.717) is 23.1 Å². The number of anilines is 1. The highest BCUT2D eigenvalue weighted by Gasteiger charge is 2.29. The number of unbranched alkanes of at least 4 members (excludes halogenated alkanes) is 3. The zero-order valence-corrected chi connectivity index (χ0v) is 17.4. The number of hydrogen-bond acceptors (Lipinski definition) is 5. The van der Waals surface area contributed by atoms with E-state index >= 15 is 0 Å². The molecule has 0 fully saturated rings. The number of amidine groups is 1. The van der Waals surface area contributed by atoms with E-state index in [0.717, 1.165) is 25.7 Å². The van der Waals surface area contributed by atoms with Gasteiger partial charge in [0.25, 0.3) is 15.6 Å². The summed E-state index contributed by atoms with van der Waals surface area (Å²) in [5.74, 6) is -0.439. The number of nitrogens with one attached hydrogen (secondary N) is 1. The number of aryl methyl sites for hydroxylation is 1. The van der Waals surface area contributed by atoms with Crippen LogP contribution in [0.25, 0.3) is 10.9 Å². The lowest BCUT2D eigenvalue weighted by atomic mass is 10.1. The van der Waals surface area contributed by atoms with Crippen molar-refractivity contribution in [1.82, 2.24) is 4.57 Å². The van der Waals surface area contributed by atoms with Gasteiger partial charge in [0.2, 0.25) is 0 Å². The van der Waals surface area contributed by atoms with Crippen LogP contribution >= 0.6 is 0 Å². The van der Waals surface area contributed by atoms with E-state index in [-0.39, 0.29) is 22.0 Å². The van der Waals surface area contributed by atoms with Crippen LogP contribution in [-0.4, -0.2) is 23.9 Å². The van der Waals surface area contributed by atoms with Gasteiger partial charge in [-0.2, -0.15) is 8.42 Å². The van der Waals surface area contributed by atoms with Gasteiger partial charge in [0.15, 0.2) is 5.84 Å². The molecular weight excluding hydrogens is 402 g/mol. The highest BCUT2D eigenvalue weighted by atomic mass is 32.2. The molecule has 30 heavy (non-hydrogen) atoms. The minimum atomic E-state index is -4.00. The second-order valence-electron chi connectivity index (χ2n) is 7.29. The predicted octanol–water partition coefficient (Wildman–Crippen LogP) is 3.85. The average molecular weight is 426 g/mol. The Kier molecular flexibility index (Phi) is 5.34. The lowest BCUT2D eigenvalue weighted by Crippen LogP contribution is -2.32. The summed E-state index contributed by atoms with van der Waals surface area (Å²) in [6, 6.07) is 13.4. The Labute approximate surface area is 174 Å². The normalized spacial score (nSPS) is 14.8. The summed E-state index contributed by atoms with van der Waals surface area (Å²) in [7, 11) is -4.00. The third-order valence-electron chi connectivity index (χ3n) is 5.25. The molecule has 0 aliphatic carbocycles. The number of hydrogen-bond donors (Lipinski definition) is 2. The number of fused-ring (bicyclic) bond motifs is 2. The van der Waals surface area contributed by atoms with Crippen molar-refractivity contribution in [2.24, 2.45) is 4.40 Å². The number of aromatic hydroxyl groups is 1. The molecule has 0 saturated heterocycles. The van der Waals surface area contributed by atoms with Crippen LogP contribution in [0.1, 0.15) is 38.2 Å². The molecule has 2 heterocycles. The zero-order chi connectivity index (χ0) is 21.3. The van der Waals surface area contributed by atoms with Crippen molar-refractivity contribution in [3.63, 3.8) is 0 Å². The molecule has 1 aliphatic rings. The largest absolute Gasteiger partial charge is 0.506 e. The molecule has 156 valence electrons. The fourth-order valence-electron chi connectivity index (χ4n) is 3.74. The summed E-state index contributed by atoms with van der Waals surface area (Å²) >= 11 is 0. The summed E-state index contributed by atoms with van der Waals surface area (Å²) in [5.41, 5.74) is 0.328. The Hall–Kier alpha value is -3.13. The third kappa shape index (κ3) is 3.47. The first kappa shape index (κ1) is 20.2. The van der Waals surface area contributed by atoms with Crippen LogP contribution in [0.5, 0.6) is 5.75 Å². The summed E-state index contributed by atoms with van der Waals surface area (Å²) in [6.45, 7) is 2.59.